The third-order valence-electron chi connectivity index (χ3n) is 3.69. The van der Waals surface area contributed by atoms with Crippen molar-refractivity contribution < 1.29 is 4.74 Å². The summed E-state index contributed by atoms with van der Waals surface area (Å²) in [6, 6.07) is 19.2. The number of aromatic amines is 1. The van der Waals surface area contributed by atoms with Gasteiger partial charge in [0, 0.05) is 23.0 Å². The Bertz CT molecular complexity index is 710. The third-order valence-corrected chi connectivity index (χ3v) is 3.69. The molecule has 1 unspecified atom stereocenters. The standard InChI is InChI=1S/C17H15NO/c1-2-5-12(6-3-1)17-10-15-13(9-14-11-19-14)7-4-8-16(15)18-17/h1-8,10,14,18H,9,11H2. The molecule has 1 saturated heterocycles. The highest BCUT2D eigenvalue weighted by Gasteiger charge is 2.23. The van der Waals surface area contributed by atoms with Gasteiger partial charge in [0.2, 0.25) is 0 Å². The first-order valence-electron chi connectivity index (χ1n) is 6.68. The van der Waals surface area contributed by atoms with Gasteiger partial charge in [-0.1, -0.05) is 42.5 Å². The maximum Gasteiger partial charge on any atom is 0.0850 e. The van der Waals surface area contributed by atoms with Crippen LogP contribution in [0.3, 0.4) is 0 Å². The average molecular weight is 249 g/mol. The van der Waals surface area contributed by atoms with Crippen molar-refractivity contribution in [1.82, 2.24) is 4.98 Å². The molecule has 2 heterocycles. The molecule has 0 spiro atoms. The zero-order valence-electron chi connectivity index (χ0n) is 10.6. The molecule has 2 aromatic carbocycles. The lowest BCUT2D eigenvalue weighted by Gasteiger charge is -1.99. The number of H-pyrrole nitrogens is 1. The second-order valence-corrected chi connectivity index (χ2v) is 5.09. The number of epoxide rings is 1. The minimum Gasteiger partial charge on any atom is -0.373 e. The number of rotatable bonds is 3. The predicted octanol–water partition coefficient (Wildman–Crippen LogP) is 3.78. The van der Waals surface area contributed by atoms with E-state index in [2.05, 4.69) is 53.5 Å². The van der Waals surface area contributed by atoms with Gasteiger partial charge in [-0.25, -0.2) is 0 Å². The van der Waals surface area contributed by atoms with E-state index >= 15 is 0 Å². The van der Waals surface area contributed by atoms with Gasteiger partial charge in [-0.2, -0.15) is 0 Å². The summed E-state index contributed by atoms with van der Waals surface area (Å²) in [5, 5.41) is 1.32. The Morgan fingerprint density at radius 2 is 1.89 bits per heavy atom. The summed E-state index contributed by atoms with van der Waals surface area (Å²) < 4.78 is 5.34. The molecular weight excluding hydrogens is 234 g/mol. The van der Waals surface area contributed by atoms with Gasteiger partial charge < -0.3 is 9.72 Å². The lowest BCUT2D eigenvalue weighted by atomic mass is 10.0. The quantitative estimate of drug-likeness (QED) is 0.703. The first-order valence-corrected chi connectivity index (χ1v) is 6.68. The van der Waals surface area contributed by atoms with Gasteiger partial charge in [0.05, 0.1) is 12.7 Å². The Hall–Kier alpha value is -2.06. The first-order chi connectivity index (χ1) is 9.40. The molecule has 94 valence electrons. The van der Waals surface area contributed by atoms with Crippen molar-refractivity contribution in [1.29, 1.82) is 0 Å². The van der Waals surface area contributed by atoms with E-state index in [9.17, 15) is 0 Å². The maximum atomic E-state index is 5.34. The highest BCUT2D eigenvalue weighted by atomic mass is 16.6. The Kier molecular flexibility index (Phi) is 2.42. The van der Waals surface area contributed by atoms with E-state index in [-0.39, 0.29) is 0 Å². The molecule has 0 aliphatic carbocycles. The molecule has 0 amide bonds. The molecular formula is C17H15NO. The molecule has 1 atom stereocenters. The lowest BCUT2D eigenvalue weighted by Crippen LogP contribution is -1.92. The third kappa shape index (κ3) is 2.04. The maximum absolute atomic E-state index is 5.34. The molecule has 1 aliphatic heterocycles. The van der Waals surface area contributed by atoms with Gasteiger partial charge >= 0.3 is 0 Å². The average Bonchev–Trinajstić information content (AvgIpc) is 3.16. The summed E-state index contributed by atoms with van der Waals surface area (Å²) >= 11 is 0. The molecule has 2 heteroatoms. The topological polar surface area (TPSA) is 28.3 Å². The van der Waals surface area contributed by atoms with Crippen LogP contribution in [0, 0.1) is 0 Å². The Balaban J connectivity index is 1.82. The van der Waals surface area contributed by atoms with Crippen LogP contribution in [0.2, 0.25) is 0 Å². The van der Waals surface area contributed by atoms with Crippen LogP contribution in [0.15, 0.2) is 54.6 Å². The van der Waals surface area contributed by atoms with Crippen molar-refractivity contribution in [2.24, 2.45) is 0 Å². The molecule has 0 bridgehead atoms. The summed E-state index contributed by atoms with van der Waals surface area (Å²) in [5.41, 5.74) is 4.99. The minimum absolute atomic E-state index is 0.431. The fourth-order valence-electron chi connectivity index (χ4n) is 2.60. The van der Waals surface area contributed by atoms with E-state index in [1.54, 1.807) is 0 Å². The van der Waals surface area contributed by atoms with Crippen LogP contribution in [0.1, 0.15) is 5.56 Å². The molecule has 4 rings (SSSR count). The van der Waals surface area contributed by atoms with Gasteiger partial charge in [0.15, 0.2) is 0 Å². The summed E-state index contributed by atoms with van der Waals surface area (Å²) in [5.74, 6) is 0. The predicted molar refractivity (Wildman–Crippen MR) is 77.2 cm³/mol. The van der Waals surface area contributed by atoms with Crippen LogP contribution < -0.4 is 0 Å². The summed E-state index contributed by atoms with van der Waals surface area (Å²) in [6.45, 7) is 0.909. The second-order valence-electron chi connectivity index (χ2n) is 5.09. The molecule has 0 radical (unpaired) electrons. The van der Waals surface area contributed by atoms with Crippen molar-refractivity contribution in [3.05, 3.63) is 60.2 Å². The van der Waals surface area contributed by atoms with E-state index in [0.717, 1.165) is 13.0 Å². The summed E-state index contributed by atoms with van der Waals surface area (Å²) in [4.78, 5) is 3.51. The molecule has 1 fully saturated rings. The molecule has 1 N–H and O–H groups in total. The number of benzene rings is 2. The number of hydrogen-bond donors (Lipinski definition) is 1. The first kappa shape index (κ1) is 10.8. The van der Waals surface area contributed by atoms with E-state index in [1.807, 2.05) is 6.07 Å². The van der Waals surface area contributed by atoms with Crippen LogP contribution in [0.25, 0.3) is 22.2 Å². The van der Waals surface area contributed by atoms with Crippen molar-refractivity contribution in [2.75, 3.05) is 6.61 Å². The minimum atomic E-state index is 0.431. The van der Waals surface area contributed by atoms with E-state index in [1.165, 1.54) is 27.7 Å². The van der Waals surface area contributed by atoms with Crippen molar-refractivity contribution >= 4 is 10.9 Å². The number of aromatic nitrogens is 1. The highest BCUT2D eigenvalue weighted by Crippen LogP contribution is 2.28. The lowest BCUT2D eigenvalue weighted by molar-refractivity contribution is 0.408. The van der Waals surface area contributed by atoms with Crippen LogP contribution in [-0.4, -0.2) is 17.7 Å². The molecule has 0 saturated carbocycles. The largest absolute Gasteiger partial charge is 0.373 e. The number of fused-ring (bicyclic) bond motifs is 1. The molecule has 1 aliphatic rings. The van der Waals surface area contributed by atoms with Gasteiger partial charge in [0.25, 0.3) is 0 Å². The summed E-state index contributed by atoms with van der Waals surface area (Å²) in [6.07, 6.45) is 1.45. The van der Waals surface area contributed by atoms with Crippen LogP contribution in [-0.2, 0) is 11.2 Å². The Labute approximate surface area is 112 Å². The van der Waals surface area contributed by atoms with Gasteiger partial charge in [-0.3, -0.25) is 0 Å². The zero-order chi connectivity index (χ0) is 12.7. The Morgan fingerprint density at radius 3 is 2.68 bits per heavy atom. The van der Waals surface area contributed by atoms with Crippen molar-refractivity contribution in [3.8, 4) is 11.3 Å². The number of nitrogens with one attached hydrogen (secondary N) is 1. The highest BCUT2D eigenvalue weighted by molar-refractivity contribution is 5.88. The molecule has 19 heavy (non-hydrogen) atoms. The van der Waals surface area contributed by atoms with E-state index in [0.29, 0.717) is 6.10 Å². The molecule has 3 aromatic rings. The van der Waals surface area contributed by atoms with Gasteiger partial charge in [0.1, 0.15) is 0 Å². The smallest absolute Gasteiger partial charge is 0.0850 e. The van der Waals surface area contributed by atoms with Gasteiger partial charge in [-0.05, 0) is 23.3 Å². The van der Waals surface area contributed by atoms with Crippen LogP contribution in [0.4, 0.5) is 0 Å². The Morgan fingerprint density at radius 1 is 1.05 bits per heavy atom. The monoisotopic (exact) mass is 249 g/mol. The normalized spacial score (nSPS) is 17.8. The van der Waals surface area contributed by atoms with Gasteiger partial charge in [-0.15, -0.1) is 0 Å². The molecule has 2 nitrogen and oxygen atoms in total. The number of hydrogen-bond acceptors (Lipinski definition) is 1. The SMILES string of the molecule is c1ccc(-c2cc3c(CC4CO4)cccc3[nH]2)cc1. The van der Waals surface area contributed by atoms with Crippen LogP contribution in [0.5, 0.6) is 0 Å². The van der Waals surface area contributed by atoms with Crippen LogP contribution >= 0.6 is 0 Å². The van der Waals surface area contributed by atoms with Crippen molar-refractivity contribution in [3.63, 3.8) is 0 Å². The van der Waals surface area contributed by atoms with Crippen molar-refractivity contribution in [2.45, 2.75) is 12.5 Å². The fraction of sp³-hybridized carbons (Fsp3) is 0.176. The fourth-order valence-corrected chi connectivity index (χ4v) is 2.60. The zero-order valence-corrected chi connectivity index (χ0v) is 10.6. The number of ether oxygens (including phenoxy) is 1. The summed E-state index contributed by atoms with van der Waals surface area (Å²) in [7, 11) is 0. The van der Waals surface area contributed by atoms with E-state index in [4.69, 9.17) is 4.74 Å². The second kappa shape index (κ2) is 4.25. The van der Waals surface area contributed by atoms with E-state index < -0.39 is 0 Å². The molecule has 1 aromatic heterocycles.